The van der Waals surface area contributed by atoms with Gasteiger partial charge in [0.25, 0.3) is 0 Å². The van der Waals surface area contributed by atoms with E-state index in [0.717, 1.165) is 0 Å². The number of carbonyl (C=O) groups is 2. The van der Waals surface area contributed by atoms with Gasteiger partial charge in [0.1, 0.15) is 0 Å². The van der Waals surface area contributed by atoms with Crippen molar-refractivity contribution in [3.05, 3.63) is 35.4 Å². The highest BCUT2D eigenvalue weighted by Crippen LogP contribution is 2.13. The van der Waals surface area contributed by atoms with Crippen molar-refractivity contribution >= 4 is 11.9 Å². The van der Waals surface area contributed by atoms with Crippen LogP contribution in [0.1, 0.15) is 127 Å². The summed E-state index contributed by atoms with van der Waals surface area (Å²) in [6.45, 7) is 29.6. The summed E-state index contributed by atoms with van der Waals surface area (Å²) in [5, 5.41) is 16.9. The maximum absolute atomic E-state index is 10.3. The smallest absolute Gasteiger partial charge is 0.335 e. The molecule has 0 atom stereocenters. The Hall–Kier alpha value is -1.92. The van der Waals surface area contributed by atoms with Crippen molar-refractivity contribution in [3.63, 3.8) is 0 Å². The second kappa shape index (κ2) is 23.0. The molecular formula is C32H62N2O4+2. The van der Waals surface area contributed by atoms with E-state index in [1.165, 1.54) is 137 Å². The van der Waals surface area contributed by atoms with Crippen LogP contribution in [0.2, 0.25) is 0 Å². The molecule has 0 aliphatic rings. The molecule has 38 heavy (non-hydrogen) atoms. The Bertz CT molecular complexity index is 599. The normalized spacial score (nSPS) is 11.2. The fourth-order valence-corrected chi connectivity index (χ4v) is 5.89. The Labute approximate surface area is 235 Å². The number of rotatable bonds is 18. The lowest BCUT2D eigenvalue weighted by Gasteiger charge is -2.38. The second-order valence-corrected chi connectivity index (χ2v) is 10.7. The lowest BCUT2D eigenvalue weighted by atomic mass is 10.1. The molecule has 0 saturated carbocycles. The van der Waals surface area contributed by atoms with Crippen molar-refractivity contribution in [1.29, 1.82) is 0 Å². The summed E-state index contributed by atoms with van der Waals surface area (Å²) in [5.74, 6) is -2.13. The maximum atomic E-state index is 10.3. The van der Waals surface area contributed by atoms with E-state index in [9.17, 15) is 9.59 Å². The third kappa shape index (κ3) is 16.1. The molecule has 6 heteroatoms. The first-order valence-corrected chi connectivity index (χ1v) is 15.4. The quantitative estimate of drug-likeness (QED) is 0.186. The molecule has 222 valence electrons. The topological polar surface area (TPSA) is 74.6 Å². The van der Waals surface area contributed by atoms with Gasteiger partial charge in [0.2, 0.25) is 0 Å². The first-order chi connectivity index (χ1) is 18.1. The van der Waals surface area contributed by atoms with Crippen LogP contribution in [0.5, 0.6) is 0 Å². The predicted octanol–water partition coefficient (Wildman–Crippen LogP) is 7.97. The van der Waals surface area contributed by atoms with Crippen LogP contribution in [0.25, 0.3) is 0 Å². The Morgan fingerprint density at radius 1 is 0.447 bits per heavy atom. The molecule has 0 aliphatic carbocycles. The molecular weight excluding hydrogens is 476 g/mol. The summed E-state index contributed by atoms with van der Waals surface area (Å²) in [5.41, 5.74) is 0.167. The highest BCUT2D eigenvalue weighted by molar-refractivity contribution is 5.91. The van der Waals surface area contributed by atoms with Gasteiger partial charge in [-0.3, -0.25) is 0 Å². The molecule has 0 spiro atoms. The molecule has 0 heterocycles. The van der Waals surface area contributed by atoms with E-state index in [4.69, 9.17) is 10.2 Å². The third-order valence-electron chi connectivity index (χ3n) is 6.96. The summed E-state index contributed by atoms with van der Waals surface area (Å²) in [6, 6.07) is 5.02. The molecule has 0 saturated heterocycles. The van der Waals surface area contributed by atoms with Gasteiger partial charge in [-0.15, -0.1) is 0 Å². The second-order valence-electron chi connectivity index (χ2n) is 10.7. The van der Waals surface area contributed by atoms with Crippen molar-refractivity contribution in [3.8, 4) is 0 Å². The summed E-state index contributed by atoms with van der Waals surface area (Å²) in [6.07, 6.45) is 10.7. The number of carboxylic acids is 2. The molecule has 0 unspecified atom stereocenters. The largest absolute Gasteiger partial charge is 0.478 e. The van der Waals surface area contributed by atoms with Gasteiger partial charge in [-0.1, -0.05) is 55.4 Å². The van der Waals surface area contributed by atoms with Crippen LogP contribution in [0.3, 0.4) is 0 Å². The standard InChI is InChI=1S/2C12H28N.C8H6O4/c2*1-5-9-13(10-6-2,11-7-3)12-8-4;9-7(10)5-1-2-6(4-3-5)8(11)12/h2*5-12H2,1-4H3;1-4H,(H,9,10)(H,11,12)/q2*+1;. The molecule has 6 nitrogen and oxygen atoms in total. The molecule has 0 fully saturated rings. The van der Waals surface area contributed by atoms with Crippen molar-refractivity contribution in [2.24, 2.45) is 0 Å². The average molecular weight is 539 g/mol. The van der Waals surface area contributed by atoms with E-state index in [1.807, 2.05) is 0 Å². The van der Waals surface area contributed by atoms with Crippen LogP contribution in [-0.4, -0.2) is 83.5 Å². The first-order valence-electron chi connectivity index (χ1n) is 15.4. The zero-order chi connectivity index (χ0) is 29.5. The van der Waals surface area contributed by atoms with E-state index in [1.54, 1.807) is 0 Å². The lowest BCUT2D eigenvalue weighted by Crippen LogP contribution is -2.50. The third-order valence-corrected chi connectivity index (χ3v) is 6.96. The van der Waals surface area contributed by atoms with Gasteiger partial charge in [-0.05, 0) is 75.6 Å². The van der Waals surface area contributed by atoms with Crippen molar-refractivity contribution in [2.75, 3.05) is 52.4 Å². The van der Waals surface area contributed by atoms with Crippen LogP contribution < -0.4 is 0 Å². The van der Waals surface area contributed by atoms with Gasteiger partial charge in [0.15, 0.2) is 0 Å². The molecule has 0 amide bonds. The molecule has 2 N–H and O–H groups in total. The Morgan fingerprint density at radius 3 is 0.711 bits per heavy atom. The van der Waals surface area contributed by atoms with Gasteiger partial charge < -0.3 is 19.2 Å². The van der Waals surface area contributed by atoms with Crippen molar-refractivity contribution < 1.29 is 28.8 Å². The number of hydrogen-bond donors (Lipinski definition) is 2. The number of aromatic carboxylic acids is 2. The zero-order valence-electron chi connectivity index (χ0n) is 26.2. The van der Waals surface area contributed by atoms with Gasteiger partial charge in [-0.25, -0.2) is 9.59 Å². The predicted molar refractivity (Wildman–Crippen MR) is 162 cm³/mol. The minimum absolute atomic E-state index is 0.0833. The van der Waals surface area contributed by atoms with E-state index in [2.05, 4.69) is 55.4 Å². The summed E-state index contributed by atoms with van der Waals surface area (Å²) < 4.78 is 2.75. The lowest BCUT2D eigenvalue weighted by molar-refractivity contribution is -0.928. The van der Waals surface area contributed by atoms with Crippen LogP contribution in [0, 0.1) is 0 Å². The highest BCUT2D eigenvalue weighted by Gasteiger charge is 2.23. The molecule has 1 aromatic rings. The Balaban J connectivity index is 0. The van der Waals surface area contributed by atoms with Crippen LogP contribution in [0.4, 0.5) is 0 Å². The minimum Gasteiger partial charge on any atom is -0.478 e. The van der Waals surface area contributed by atoms with Crippen molar-refractivity contribution in [1.82, 2.24) is 0 Å². The zero-order valence-corrected chi connectivity index (χ0v) is 26.2. The van der Waals surface area contributed by atoms with Crippen molar-refractivity contribution in [2.45, 2.75) is 107 Å². The van der Waals surface area contributed by atoms with Crippen LogP contribution >= 0.6 is 0 Å². The molecule has 0 radical (unpaired) electrons. The molecule has 0 aliphatic heterocycles. The van der Waals surface area contributed by atoms with Crippen LogP contribution in [0.15, 0.2) is 24.3 Å². The summed E-state index contributed by atoms with van der Waals surface area (Å²) >= 11 is 0. The Morgan fingerprint density at radius 2 is 0.605 bits per heavy atom. The molecule has 0 bridgehead atoms. The van der Waals surface area contributed by atoms with Gasteiger partial charge in [0, 0.05) is 0 Å². The first kappa shape index (κ1) is 38.2. The summed E-state index contributed by atoms with van der Waals surface area (Å²) in [7, 11) is 0. The van der Waals surface area contributed by atoms with E-state index in [-0.39, 0.29) is 11.1 Å². The van der Waals surface area contributed by atoms with Gasteiger partial charge in [0.05, 0.1) is 63.5 Å². The summed E-state index contributed by atoms with van der Waals surface area (Å²) in [4.78, 5) is 20.7. The minimum atomic E-state index is -1.06. The van der Waals surface area contributed by atoms with E-state index in [0.29, 0.717) is 0 Å². The average Bonchev–Trinajstić information content (AvgIpc) is 2.86. The maximum Gasteiger partial charge on any atom is 0.335 e. The molecule has 1 aromatic carbocycles. The number of benzene rings is 1. The molecule has 1 rings (SSSR count). The van der Waals surface area contributed by atoms with E-state index < -0.39 is 11.9 Å². The molecule has 0 aromatic heterocycles. The van der Waals surface area contributed by atoms with Gasteiger partial charge >= 0.3 is 11.9 Å². The number of nitrogens with zero attached hydrogens (tertiary/aromatic N) is 2. The van der Waals surface area contributed by atoms with Gasteiger partial charge in [-0.2, -0.15) is 0 Å². The fraction of sp³-hybridized carbons (Fsp3) is 0.750. The van der Waals surface area contributed by atoms with Crippen LogP contribution in [-0.2, 0) is 0 Å². The SMILES string of the molecule is CCC[N+](CCC)(CCC)CCC.CCC[N+](CCC)(CCC)CCC.O=C(O)c1ccc(C(=O)O)cc1. The number of hydrogen-bond acceptors (Lipinski definition) is 2. The Kier molecular flexibility index (Phi) is 23.1. The highest BCUT2D eigenvalue weighted by atomic mass is 16.4. The fourth-order valence-electron chi connectivity index (χ4n) is 5.89. The van der Waals surface area contributed by atoms with E-state index >= 15 is 0 Å². The monoisotopic (exact) mass is 538 g/mol. The number of quaternary nitrogens is 2. The number of carboxylic acid groups (broad SMARTS) is 2.